The number of rotatable bonds is 9. The van der Waals surface area contributed by atoms with Gasteiger partial charge in [-0.1, -0.05) is 60.7 Å². The summed E-state index contributed by atoms with van der Waals surface area (Å²) in [5.41, 5.74) is 2.94. The van der Waals surface area contributed by atoms with Gasteiger partial charge < -0.3 is 15.0 Å². The second-order valence-electron chi connectivity index (χ2n) is 8.55. The number of nitrogens with one attached hydrogen (secondary N) is 1. The lowest BCUT2D eigenvalue weighted by Gasteiger charge is -2.26. The number of anilines is 1. The first-order valence-electron chi connectivity index (χ1n) is 11.5. The Bertz CT molecular complexity index is 1080. The maximum Gasteiger partial charge on any atom is 0.338 e. The molecule has 1 fully saturated rings. The Morgan fingerprint density at radius 2 is 1.38 bits per heavy atom. The summed E-state index contributed by atoms with van der Waals surface area (Å²) in [7, 11) is 0. The lowest BCUT2D eigenvalue weighted by atomic mass is 10.1. The van der Waals surface area contributed by atoms with E-state index in [0.717, 1.165) is 24.0 Å². The Labute approximate surface area is 199 Å². The van der Waals surface area contributed by atoms with Crippen LogP contribution in [-0.4, -0.2) is 28.8 Å². The fourth-order valence-corrected chi connectivity index (χ4v) is 3.63. The van der Waals surface area contributed by atoms with Gasteiger partial charge >= 0.3 is 5.97 Å². The van der Waals surface area contributed by atoms with Gasteiger partial charge in [0.15, 0.2) is 6.10 Å². The van der Waals surface area contributed by atoms with E-state index in [2.05, 4.69) is 5.32 Å². The molecule has 4 rings (SSSR count). The number of hydrogen-bond donors (Lipinski definition) is 1. The van der Waals surface area contributed by atoms with Gasteiger partial charge in [-0.05, 0) is 55.2 Å². The highest BCUT2D eigenvalue weighted by atomic mass is 16.5. The van der Waals surface area contributed by atoms with Crippen LogP contribution in [0.3, 0.4) is 0 Å². The highest BCUT2D eigenvalue weighted by molar-refractivity contribution is 5.95. The summed E-state index contributed by atoms with van der Waals surface area (Å²) in [6.45, 7) is 2.41. The number of esters is 1. The molecule has 0 bridgehead atoms. The zero-order valence-corrected chi connectivity index (χ0v) is 19.1. The molecule has 1 saturated carbocycles. The summed E-state index contributed by atoms with van der Waals surface area (Å²) >= 11 is 0. The zero-order valence-electron chi connectivity index (χ0n) is 19.1. The normalized spacial score (nSPS) is 13.6. The molecule has 2 amide bonds. The summed E-state index contributed by atoms with van der Waals surface area (Å²) in [6.07, 6.45) is 0.899. The van der Waals surface area contributed by atoms with Crippen molar-refractivity contribution in [3.05, 3.63) is 102 Å². The zero-order chi connectivity index (χ0) is 23.9. The second-order valence-corrected chi connectivity index (χ2v) is 8.55. The van der Waals surface area contributed by atoms with E-state index in [1.54, 1.807) is 36.1 Å². The van der Waals surface area contributed by atoms with Crippen molar-refractivity contribution in [2.75, 3.05) is 5.32 Å². The van der Waals surface area contributed by atoms with Gasteiger partial charge in [-0.3, -0.25) is 9.59 Å². The molecule has 174 valence electrons. The predicted molar refractivity (Wildman–Crippen MR) is 130 cm³/mol. The van der Waals surface area contributed by atoms with E-state index in [1.807, 2.05) is 60.7 Å². The molecule has 1 N–H and O–H groups in total. The SMILES string of the molecule is CC(OC(=O)c1ccc(NC(=O)C2CC2)cc1)C(=O)N(Cc1ccccc1)Cc1ccccc1. The fraction of sp³-hybridized carbons (Fsp3) is 0.250. The van der Waals surface area contributed by atoms with Crippen LogP contribution in [0, 0.1) is 5.92 Å². The Kier molecular flexibility index (Phi) is 7.38. The van der Waals surface area contributed by atoms with Crippen LogP contribution >= 0.6 is 0 Å². The van der Waals surface area contributed by atoms with Gasteiger partial charge in [-0.2, -0.15) is 0 Å². The molecule has 0 aliphatic heterocycles. The Balaban J connectivity index is 1.40. The van der Waals surface area contributed by atoms with Crippen LogP contribution < -0.4 is 5.32 Å². The average molecular weight is 457 g/mol. The first-order valence-corrected chi connectivity index (χ1v) is 11.5. The Morgan fingerprint density at radius 1 is 0.853 bits per heavy atom. The Hall–Kier alpha value is -3.93. The van der Waals surface area contributed by atoms with Crippen LogP contribution in [0.25, 0.3) is 0 Å². The van der Waals surface area contributed by atoms with Crippen molar-refractivity contribution < 1.29 is 19.1 Å². The molecule has 0 radical (unpaired) electrons. The first-order chi connectivity index (χ1) is 16.5. The molecule has 1 atom stereocenters. The van der Waals surface area contributed by atoms with Crippen LogP contribution in [0.2, 0.25) is 0 Å². The van der Waals surface area contributed by atoms with Gasteiger partial charge in [0.05, 0.1) is 5.56 Å². The molecule has 6 heteroatoms. The molecule has 0 saturated heterocycles. The van der Waals surface area contributed by atoms with Gasteiger partial charge in [0, 0.05) is 24.7 Å². The van der Waals surface area contributed by atoms with Crippen molar-refractivity contribution >= 4 is 23.5 Å². The molecule has 1 unspecified atom stereocenters. The van der Waals surface area contributed by atoms with Crippen LogP contribution in [-0.2, 0) is 27.4 Å². The number of ether oxygens (including phenoxy) is 1. The van der Waals surface area contributed by atoms with Crippen molar-refractivity contribution in [2.45, 2.75) is 39.0 Å². The molecular weight excluding hydrogens is 428 g/mol. The fourth-order valence-electron chi connectivity index (χ4n) is 3.63. The molecule has 6 nitrogen and oxygen atoms in total. The maximum atomic E-state index is 13.3. The minimum absolute atomic E-state index is 0.00599. The van der Waals surface area contributed by atoms with E-state index < -0.39 is 12.1 Å². The molecular formula is C28H28N2O4. The molecule has 34 heavy (non-hydrogen) atoms. The highest BCUT2D eigenvalue weighted by Gasteiger charge is 2.29. The summed E-state index contributed by atoms with van der Waals surface area (Å²) in [6, 6.07) is 26.0. The second kappa shape index (κ2) is 10.8. The van der Waals surface area contributed by atoms with Crippen molar-refractivity contribution in [1.82, 2.24) is 4.90 Å². The number of hydrogen-bond acceptors (Lipinski definition) is 4. The maximum absolute atomic E-state index is 13.3. The number of benzene rings is 3. The summed E-state index contributed by atoms with van der Waals surface area (Å²) in [4.78, 5) is 39.5. The lowest BCUT2D eigenvalue weighted by Crippen LogP contribution is -2.39. The molecule has 0 heterocycles. The van der Waals surface area contributed by atoms with Gasteiger partial charge in [-0.15, -0.1) is 0 Å². The van der Waals surface area contributed by atoms with Crippen molar-refractivity contribution in [1.29, 1.82) is 0 Å². The molecule has 3 aromatic carbocycles. The molecule has 0 spiro atoms. The average Bonchev–Trinajstić information content (AvgIpc) is 3.71. The van der Waals surface area contributed by atoms with E-state index >= 15 is 0 Å². The number of nitrogens with zero attached hydrogens (tertiary/aromatic N) is 1. The van der Waals surface area contributed by atoms with Gasteiger partial charge in [-0.25, -0.2) is 4.79 Å². The topological polar surface area (TPSA) is 75.7 Å². The monoisotopic (exact) mass is 456 g/mol. The number of carbonyl (C=O) groups excluding carboxylic acids is 3. The Morgan fingerprint density at radius 3 is 1.88 bits per heavy atom. The number of carbonyl (C=O) groups is 3. The smallest absolute Gasteiger partial charge is 0.338 e. The molecule has 0 aromatic heterocycles. The van der Waals surface area contributed by atoms with Gasteiger partial charge in [0.2, 0.25) is 5.91 Å². The molecule has 3 aromatic rings. The summed E-state index contributed by atoms with van der Waals surface area (Å²) < 4.78 is 5.51. The van der Waals surface area contributed by atoms with E-state index in [0.29, 0.717) is 24.3 Å². The van der Waals surface area contributed by atoms with Gasteiger partial charge in [0.1, 0.15) is 0 Å². The van der Waals surface area contributed by atoms with E-state index in [1.165, 1.54) is 0 Å². The van der Waals surface area contributed by atoms with Gasteiger partial charge in [0.25, 0.3) is 5.91 Å². The van der Waals surface area contributed by atoms with Crippen LogP contribution in [0.5, 0.6) is 0 Å². The largest absolute Gasteiger partial charge is 0.449 e. The molecule has 1 aliphatic carbocycles. The minimum atomic E-state index is -0.950. The molecule has 1 aliphatic rings. The first kappa shape index (κ1) is 23.2. The highest BCUT2D eigenvalue weighted by Crippen LogP contribution is 2.30. The minimum Gasteiger partial charge on any atom is -0.449 e. The van der Waals surface area contributed by atoms with Crippen molar-refractivity contribution in [3.8, 4) is 0 Å². The quantitative estimate of drug-likeness (QED) is 0.469. The summed E-state index contributed by atoms with van der Waals surface area (Å²) in [5.74, 6) is -0.743. The van der Waals surface area contributed by atoms with Crippen molar-refractivity contribution in [3.63, 3.8) is 0 Å². The third kappa shape index (κ3) is 6.32. The van der Waals surface area contributed by atoms with Crippen molar-refractivity contribution in [2.24, 2.45) is 5.92 Å². The third-order valence-electron chi connectivity index (χ3n) is 5.71. The number of amides is 2. The predicted octanol–water partition coefficient (Wildman–Crippen LogP) is 4.81. The lowest BCUT2D eigenvalue weighted by molar-refractivity contribution is -0.141. The van der Waals surface area contributed by atoms with Crippen LogP contribution in [0.1, 0.15) is 41.3 Å². The van der Waals surface area contributed by atoms with E-state index in [4.69, 9.17) is 4.74 Å². The summed E-state index contributed by atoms with van der Waals surface area (Å²) in [5, 5.41) is 2.84. The van der Waals surface area contributed by atoms with E-state index in [9.17, 15) is 14.4 Å². The standard InChI is InChI=1S/C28H28N2O4/c1-20(34-28(33)24-14-16-25(17-15-24)29-26(31)23-12-13-23)27(32)30(18-21-8-4-2-5-9-21)19-22-10-6-3-7-11-22/h2-11,14-17,20,23H,12-13,18-19H2,1H3,(H,29,31). The van der Waals surface area contributed by atoms with E-state index in [-0.39, 0.29) is 17.7 Å². The third-order valence-corrected chi connectivity index (χ3v) is 5.71. The van der Waals surface area contributed by atoms with Crippen LogP contribution in [0.4, 0.5) is 5.69 Å². The van der Waals surface area contributed by atoms with Crippen LogP contribution in [0.15, 0.2) is 84.9 Å².